The molecule has 0 bridgehead atoms. The van der Waals surface area contributed by atoms with Gasteiger partial charge in [0.05, 0.1) is 6.07 Å². The Morgan fingerprint density at radius 2 is 2.00 bits per heavy atom. The van der Waals surface area contributed by atoms with Crippen molar-refractivity contribution in [1.29, 1.82) is 5.26 Å². The summed E-state index contributed by atoms with van der Waals surface area (Å²) >= 11 is 0. The van der Waals surface area contributed by atoms with E-state index >= 15 is 0 Å². The Kier molecular flexibility index (Phi) is 5.01. The van der Waals surface area contributed by atoms with Crippen LogP contribution in [-0.4, -0.2) is 12.1 Å². The number of nitrogens with one attached hydrogen (secondary N) is 1. The zero-order valence-corrected chi connectivity index (χ0v) is 10.2. The van der Waals surface area contributed by atoms with Gasteiger partial charge < -0.3 is 0 Å². The number of aryl methyl sites for hydroxylation is 1. The van der Waals surface area contributed by atoms with E-state index in [1.54, 1.807) is 0 Å². The van der Waals surface area contributed by atoms with Crippen LogP contribution < -0.4 is 5.32 Å². The molecule has 0 saturated heterocycles. The summed E-state index contributed by atoms with van der Waals surface area (Å²) in [6, 6.07) is 12.7. The molecule has 0 radical (unpaired) electrons. The topological polar surface area (TPSA) is 35.8 Å². The van der Waals surface area contributed by atoms with Gasteiger partial charge in [0.1, 0.15) is 5.54 Å². The molecule has 0 aliphatic carbocycles. The van der Waals surface area contributed by atoms with Gasteiger partial charge in [0.2, 0.25) is 0 Å². The molecule has 2 nitrogen and oxygen atoms in total. The highest BCUT2D eigenvalue weighted by atomic mass is 15.0. The van der Waals surface area contributed by atoms with Crippen LogP contribution in [0.2, 0.25) is 0 Å². The fourth-order valence-electron chi connectivity index (χ4n) is 1.62. The van der Waals surface area contributed by atoms with Gasteiger partial charge in [-0.25, -0.2) is 0 Å². The molecule has 0 aromatic heterocycles. The maximum atomic E-state index is 9.18. The summed E-state index contributed by atoms with van der Waals surface area (Å²) in [5, 5.41) is 12.5. The summed E-state index contributed by atoms with van der Waals surface area (Å²) in [6.07, 6.45) is 2.86. The largest absolute Gasteiger partial charge is 0.300 e. The standard InChI is InChI=1S/C14H20N2/c1-3-11-16-14(2,12-15)10-9-13-7-5-4-6-8-13/h4-8,16H,3,9-11H2,1-2H3. The first-order valence-electron chi connectivity index (χ1n) is 5.90. The van der Waals surface area contributed by atoms with E-state index in [0.717, 1.165) is 25.8 Å². The van der Waals surface area contributed by atoms with Crippen LogP contribution in [0.25, 0.3) is 0 Å². The Morgan fingerprint density at radius 3 is 2.56 bits per heavy atom. The molecule has 0 spiro atoms. The summed E-state index contributed by atoms with van der Waals surface area (Å²) < 4.78 is 0. The fourth-order valence-corrected chi connectivity index (χ4v) is 1.62. The molecular formula is C14H20N2. The number of nitriles is 1. The smallest absolute Gasteiger partial charge is 0.104 e. The van der Waals surface area contributed by atoms with Gasteiger partial charge in [-0.1, -0.05) is 37.3 Å². The van der Waals surface area contributed by atoms with Gasteiger partial charge in [0.25, 0.3) is 0 Å². The first kappa shape index (κ1) is 12.7. The molecule has 16 heavy (non-hydrogen) atoms. The molecule has 0 saturated carbocycles. The molecule has 0 heterocycles. The van der Waals surface area contributed by atoms with Crippen molar-refractivity contribution in [3.63, 3.8) is 0 Å². The van der Waals surface area contributed by atoms with E-state index < -0.39 is 5.54 Å². The molecule has 0 aliphatic rings. The van der Waals surface area contributed by atoms with Crippen molar-refractivity contribution < 1.29 is 0 Å². The van der Waals surface area contributed by atoms with Crippen molar-refractivity contribution in [2.45, 2.75) is 38.6 Å². The molecule has 0 fully saturated rings. The highest BCUT2D eigenvalue weighted by Crippen LogP contribution is 2.13. The van der Waals surface area contributed by atoms with Crippen molar-refractivity contribution in [2.75, 3.05) is 6.54 Å². The maximum Gasteiger partial charge on any atom is 0.104 e. The lowest BCUT2D eigenvalue weighted by molar-refractivity contribution is 0.419. The van der Waals surface area contributed by atoms with Gasteiger partial charge in [-0.3, -0.25) is 5.32 Å². The molecule has 2 heteroatoms. The zero-order chi connectivity index (χ0) is 11.9. The highest BCUT2D eigenvalue weighted by molar-refractivity contribution is 5.16. The third-order valence-corrected chi connectivity index (χ3v) is 2.77. The summed E-state index contributed by atoms with van der Waals surface area (Å²) in [5.74, 6) is 0. The normalized spacial score (nSPS) is 14.1. The van der Waals surface area contributed by atoms with Crippen molar-refractivity contribution in [1.82, 2.24) is 5.32 Å². The van der Waals surface area contributed by atoms with Gasteiger partial charge in [-0.15, -0.1) is 0 Å². The number of hydrogen-bond donors (Lipinski definition) is 1. The Hall–Kier alpha value is -1.33. The first-order valence-corrected chi connectivity index (χ1v) is 5.90. The van der Waals surface area contributed by atoms with Gasteiger partial charge in [-0.05, 0) is 38.3 Å². The molecule has 0 amide bonds. The van der Waals surface area contributed by atoms with Crippen molar-refractivity contribution in [2.24, 2.45) is 0 Å². The monoisotopic (exact) mass is 216 g/mol. The van der Waals surface area contributed by atoms with Crippen LogP contribution >= 0.6 is 0 Å². The summed E-state index contributed by atoms with van der Waals surface area (Å²) in [7, 11) is 0. The molecule has 1 aromatic rings. The van der Waals surface area contributed by atoms with E-state index in [1.807, 2.05) is 25.1 Å². The first-order chi connectivity index (χ1) is 7.70. The Balaban J connectivity index is 2.49. The van der Waals surface area contributed by atoms with E-state index in [1.165, 1.54) is 5.56 Å². The van der Waals surface area contributed by atoms with Crippen LogP contribution in [0.5, 0.6) is 0 Å². The second-order valence-corrected chi connectivity index (χ2v) is 4.36. The Labute approximate surface area is 98.3 Å². The third-order valence-electron chi connectivity index (χ3n) is 2.77. The van der Waals surface area contributed by atoms with Crippen LogP contribution in [0.3, 0.4) is 0 Å². The minimum absolute atomic E-state index is 0.397. The predicted molar refractivity (Wildman–Crippen MR) is 67.1 cm³/mol. The Morgan fingerprint density at radius 1 is 1.31 bits per heavy atom. The minimum Gasteiger partial charge on any atom is -0.300 e. The van der Waals surface area contributed by atoms with Crippen molar-refractivity contribution in [3.8, 4) is 6.07 Å². The van der Waals surface area contributed by atoms with Gasteiger partial charge in [0.15, 0.2) is 0 Å². The number of hydrogen-bond acceptors (Lipinski definition) is 2. The van der Waals surface area contributed by atoms with E-state index in [0.29, 0.717) is 0 Å². The summed E-state index contributed by atoms with van der Waals surface area (Å²) in [4.78, 5) is 0. The number of rotatable bonds is 6. The molecular weight excluding hydrogens is 196 g/mol. The highest BCUT2D eigenvalue weighted by Gasteiger charge is 2.21. The lowest BCUT2D eigenvalue weighted by Crippen LogP contribution is -2.41. The third kappa shape index (κ3) is 4.04. The van der Waals surface area contributed by atoms with Crippen LogP contribution in [0.4, 0.5) is 0 Å². The maximum absolute atomic E-state index is 9.18. The fraction of sp³-hybridized carbons (Fsp3) is 0.500. The minimum atomic E-state index is -0.397. The van der Waals surface area contributed by atoms with Gasteiger partial charge in [-0.2, -0.15) is 5.26 Å². The molecule has 1 atom stereocenters. The van der Waals surface area contributed by atoms with Crippen LogP contribution in [-0.2, 0) is 6.42 Å². The average molecular weight is 216 g/mol. The van der Waals surface area contributed by atoms with Crippen LogP contribution in [0, 0.1) is 11.3 Å². The summed E-state index contributed by atoms with van der Waals surface area (Å²) in [6.45, 7) is 4.99. The van der Waals surface area contributed by atoms with E-state index in [-0.39, 0.29) is 0 Å². The number of benzene rings is 1. The van der Waals surface area contributed by atoms with E-state index in [4.69, 9.17) is 0 Å². The molecule has 1 N–H and O–H groups in total. The molecule has 1 rings (SSSR count). The quantitative estimate of drug-likeness (QED) is 0.793. The Bertz CT molecular complexity index is 340. The molecule has 1 aromatic carbocycles. The lowest BCUT2D eigenvalue weighted by Gasteiger charge is -2.23. The molecule has 0 aliphatic heterocycles. The van der Waals surface area contributed by atoms with Crippen molar-refractivity contribution >= 4 is 0 Å². The summed E-state index contributed by atoms with van der Waals surface area (Å²) in [5.41, 5.74) is 0.897. The zero-order valence-electron chi connectivity index (χ0n) is 10.2. The van der Waals surface area contributed by atoms with E-state index in [2.05, 4.69) is 30.4 Å². The van der Waals surface area contributed by atoms with Crippen molar-refractivity contribution in [3.05, 3.63) is 35.9 Å². The molecule has 1 unspecified atom stereocenters. The second-order valence-electron chi connectivity index (χ2n) is 4.36. The van der Waals surface area contributed by atoms with Gasteiger partial charge in [0, 0.05) is 0 Å². The van der Waals surface area contributed by atoms with Gasteiger partial charge >= 0.3 is 0 Å². The molecule has 86 valence electrons. The lowest BCUT2D eigenvalue weighted by atomic mass is 9.94. The second kappa shape index (κ2) is 6.30. The SMILES string of the molecule is CCCNC(C)(C#N)CCc1ccccc1. The number of nitrogens with zero attached hydrogens (tertiary/aromatic N) is 1. The predicted octanol–water partition coefficient (Wildman–Crippen LogP) is 2.90. The van der Waals surface area contributed by atoms with Crippen LogP contribution in [0.1, 0.15) is 32.3 Å². The van der Waals surface area contributed by atoms with Crippen LogP contribution in [0.15, 0.2) is 30.3 Å². The average Bonchev–Trinajstić information content (AvgIpc) is 2.35. The van der Waals surface area contributed by atoms with E-state index in [9.17, 15) is 5.26 Å².